The van der Waals surface area contributed by atoms with Gasteiger partial charge in [0.2, 0.25) is 0 Å². The van der Waals surface area contributed by atoms with Gasteiger partial charge in [-0.3, -0.25) is 5.41 Å². The molecule has 1 aromatic heterocycles. The molecule has 0 aliphatic heterocycles. The number of nitrogens with zero attached hydrogens (tertiary/aromatic N) is 4. The number of guanidine groups is 1. The van der Waals surface area contributed by atoms with Gasteiger partial charge < -0.3 is 11.5 Å². The number of amidine groups is 1. The maximum absolute atomic E-state index is 7.46. The number of hydrogen-bond acceptors (Lipinski definition) is 4. The lowest BCUT2D eigenvalue weighted by atomic mass is 10.4. The monoisotopic (exact) mass is 241 g/mol. The SMILES string of the molecule is CC(C)n1ncnc1CSC(=N)N=C(N)N. The number of aliphatic imine (C=N–C) groups is 1. The number of nitrogens with two attached hydrogens (primary N) is 2. The molecule has 88 valence electrons. The molecule has 8 heteroatoms. The molecule has 1 rings (SSSR count). The van der Waals surface area contributed by atoms with E-state index in [9.17, 15) is 0 Å². The van der Waals surface area contributed by atoms with E-state index in [4.69, 9.17) is 16.9 Å². The maximum atomic E-state index is 7.46. The first-order chi connectivity index (χ1) is 7.50. The molecule has 16 heavy (non-hydrogen) atoms. The Labute approximate surface area is 97.8 Å². The lowest BCUT2D eigenvalue weighted by Crippen LogP contribution is -2.23. The first kappa shape index (κ1) is 12.5. The van der Waals surface area contributed by atoms with Crippen molar-refractivity contribution in [2.24, 2.45) is 16.5 Å². The van der Waals surface area contributed by atoms with Crippen molar-refractivity contribution in [2.45, 2.75) is 25.6 Å². The summed E-state index contributed by atoms with van der Waals surface area (Å²) < 4.78 is 1.80. The third-order valence-corrected chi connectivity index (χ3v) is 2.47. The van der Waals surface area contributed by atoms with Gasteiger partial charge in [0, 0.05) is 6.04 Å². The lowest BCUT2D eigenvalue weighted by molar-refractivity contribution is 0.515. The van der Waals surface area contributed by atoms with Gasteiger partial charge in [0.1, 0.15) is 12.2 Å². The average molecular weight is 241 g/mol. The molecule has 0 saturated carbocycles. The van der Waals surface area contributed by atoms with Crippen LogP contribution in [-0.2, 0) is 5.75 Å². The van der Waals surface area contributed by atoms with Crippen LogP contribution >= 0.6 is 11.8 Å². The van der Waals surface area contributed by atoms with Crippen LogP contribution in [0.15, 0.2) is 11.3 Å². The van der Waals surface area contributed by atoms with Gasteiger partial charge in [-0.1, -0.05) is 11.8 Å². The van der Waals surface area contributed by atoms with Crippen molar-refractivity contribution < 1.29 is 0 Å². The van der Waals surface area contributed by atoms with Crippen molar-refractivity contribution in [3.8, 4) is 0 Å². The number of aromatic nitrogens is 3. The fourth-order valence-electron chi connectivity index (χ4n) is 1.09. The summed E-state index contributed by atoms with van der Waals surface area (Å²) >= 11 is 1.21. The second-order valence-corrected chi connectivity index (χ2v) is 4.31. The summed E-state index contributed by atoms with van der Waals surface area (Å²) in [6, 6.07) is 0.246. The van der Waals surface area contributed by atoms with E-state index >= 15 is 0 Å². The number of thioether (sulfide) groups is 1. The third-order valence-electron chi connectivity index (χ3n) is 1.71. The Kier molecular flexibility index (Phi) is 4.29. The van der Waals surface area contributed by atoms with E-state index in [2.05, 4.69) is 15.1 Å². The van der Waals surface area contributed by atoms with Gasteiger partial charge in [0.25, 0.3) is 0 Å². The summed E-state index contributed by atoms with van der Waals surface area (Å²) in [4.78, 5) is 7.72. The summed E-state index contributed by atoms with van der Waals surface area (Å²) in [6.07, 6.45) is 1.50. The van der Waals surface area contributed by atoms with Crippen LogP contribution in [0.2, 0.25) is 0 Å². The molecule has 0 radical (unpaired) electrons. The van der Waals surface area contributed by atoms with E-state index in [0.29, 0.717) is 5.75 Å². The van der Waals surface area contributed by atoms with Crippen LogP contribution in [0.25, 0.3) is 0 Å². The van der Waals surface area contributed by atoms with Gasteiger partial charge in [-0.25, -0.2) is 9.67 Å². The van der Waals surface area contributed by atoms with Crippen molar-refractivity contribution in [3.05, 3.63) is 12.2 Å². The fraction of sp³-hybridized carbons (Fsp3) is 0.500. The molecule has 0 bridgehead atoms. The summed E-state index contributed by atoms with van der Waals surface area (Å²) in [5.74, 6) is 1.21. The van der Waals surface area contributed by atoms with Crippen molar-refractivity contribution in [3.63, 3.8) is 0 Å². The molecule has 1 aromatic rings. The van der Waals surface area contributed by atoms with E-state index in [-0.39, 0.29) is 17.2 Å². The Hall–Kier alpha value is -1.57. The second-order valence-electron chi connectivity index (χ2n) is 3.35. The summed E-state index contributed by atoms with van der Waals surface area (Å²) in [7, 11) is 0. The minimum absolute atomic E-state index is 0.0679. The molecule has 0 saturated heterocycles. The van der Waals surface area contributed by atoms with Crippen LogP contribution < -0.4 is 11.5 Å². The normalized spacial score (nSPS) is 10.4. The Bertz CT molecular complexity index is 391. The van der Waals surface area contributed by atoms with Crippen LogP contribution in [0.3, 0.4) is 0 Å². The van der Waals surface area contributed by atoms with E-state index in [0.717, 1.165) is 5.82 Å². The Balaban J connectivity index is 2.58. The van der Waals surface area contributed by atoms with Gasteiger partial charge in [-0.15, -0.1) is 0 Å². The molecular formula is C8H15N7S. The molecule has 0 atom stereocenters. The van der Waals surface area contributed by atoms with Crippen LogP contribution in [0, 0.1) is 5.41 Å². The minimum Gasteiger partial charge on any atom is -0.370 e. The van der Waals surface area contributed by atoms with E-state index in [1.54, 1.807) is 4.68 Å². The molecule has 1 heterocycles. The van der Waals surface area contributed by atoms with Gasteiger partial charge in [0.05, 0.1) is 5.75 Å². The van der Waals surface area contributed by atoms with E-state index in [1.807, 2.05) is 13.8 Å². The standard InChI is InChI=1S/C8H15N7S/c1-5(2)15-6(12-4-13-15)3-16-8(11)14-7(9)10/h4-5H,3H2,1-2H3,(H5,9,10,11,14). The molecule has 0 amide bonds. The number of nitrogens with one attached hydrogen (secondary N) is 1. The second kappa shape index (κ2) is 5.50. The summed E-state index contributed by atoms with van der Waals surface area (Å²) in [5, 5.41) is 11.6. The van der Waals surface area contributed by atoms with Crippen molar-refractivity contribution in [1.82, 2.24) is 14.8 Å². The van der Waals surface area contributed by atoms with E-state index in [1.165, 1.54) is 18.1 Å². The molecule has 0 spiro atoms. The molecule has 0 fully saturated rings. The zero-order valence-corrected chi connectivity index (χ0v) is 10.0. The van der Waals surface area contributed by atoms with E-state index < -0.39 is 0 Å². The zero-order chi connectivity index (χ0) is 12.1. The first-order valence-corrected chi connectivity index (χ1v) is 5.68. The van der Waals surface area contributed by atoms with Crippen LogP contribution in [-0.4, -0.2) is 25.9 Å². The van der Waals surface area contributed by atoms with Gasteiger partial charge in [0.15, 0.2) is 11.1 Å². The van der Waals surface area contributed by atoms with Crippen molar-refractivity contribution in [1.29, 1.82) is 5.41 Å². The largest absolute Gasteiger partial charge is 0.370 e. The highest BCUT2D eigenvalue weighted by molar-refractivity contribution is 8.13. The predicted octanol–water partition coefficient (Wildman–Crippen LogP) is 0.300. The summed E-state index contributed by atoms with van der Waals surface area (Å²) in [5.41, 5.74) is 10.3. The van der Waals surface area contributed by atoms with Crippen LogP contribution in [0.5, 0.6) is 0 Å². The minimum atomic E-state index is -0.108. The highest BCUT2D eigenvalue weighted by atomic mass is 32.2. The van der Waals surface area contributed by atoms with Gasteiger partial charge >= 0.3 is 0 Å². The van der Waals surface area contributed by atoms with Gasteiger partial charge in [-0.05, 0) is 13.8 Å². The van der Waals surface area contributed by atoms with Crippen molar-refractivity contribution >= 4 is 22.9 Å². The maximum Gasteiger partial charge on any atom is 0.193 e. The highest BCUT2D eigenvalue weighted by Gasteiger charge is 2.08. The number of hydrogen-bond donors (Lipinski definition) is 3. The molecule has 0 aliphatic rings. The first-order valence-electron chi connectivity index (χ1n) is 4.70. The molecule has 7 nitrogen and oxygen atoms in total. The van der Waals surface area contributed by atoms with Crippen LogP contribution in [0.1, 0.15) is 25.7 Å². The quantitative estimate of drug-likeness (QED) is 0.519. The predicted molar refractivity (Wildman–Crippen MR) is 65.2 cm³/mol. The molecule has 5 N–H and O–H groups in total. The average Bonchev–Trinajstić information content (AvgIpc) is 2.61. The van der Waals surface area contributed by atoms with Gasteiger partial charge in [-0.2, -0.15) is 10.1 Å². The van der Waals surface area contributed by atoms with Crippen LogP contribution in [0.4, 0.5) is 0 Å². The topological polar surface area (TPSA) is 119 Å². The molecule has 0 aromatic carbocycles. The molecular weight excluding hydrogens is 226 g/mol. The third kappa shape index (κ3) is 3.54. The fourth-order valence-corrected chi connectivity index (χ4v) is 1.73. The number of rotatable bonds is 3. The smallest absolute Gasteiger partial charge is 0.193 e. The Morgan fingerprint density at radius 1 is 1.62 bits per heavy atom. The van der Waals surface area contributed by atoms with Crippen molar-refractivity contribution in [2.75, 3.05) is 0 Å². The molecule has 0 unspecified atom stereocenters. The Morgan fingerprint density at radius 3 is 2.88 bits per heavy atom. The Morgan fingerprint density at radius 2 is 2.31 bits per heavy atom. The molecule has 0 aliphatic carbocycles. The summed E-state index contributed by atoms with van der Waals surface area (Å²) in [6.45, 7) is 4.04. The highest BCUT2D eigenvalue weighted by Crippen LogP contribution is 2.14. The zero-order valence-electron chi connectivity index (χ0n) is 9.21. The lowest BCUT2D eigenvalue weighted by Gasteiger charge is -2.08.